The normalized spacial score (nSPS) is 22.3. The molecule has 0 aliphatic carbocycles. The Labute approximate surface area is 109 Å². The van der Waals surface area contributed by atoms with Crippen LogP contribution in [-0.4, -0.2) is 34.3 Å². The molecule has 1 heterocycles. The van der Waals surface area contributed by atoms with E-state index in [1.165, 1.54) is 6.08 Å². The summed E-state index contributed by atoms with van der Waals surface area (Å²) < 4.78 is 4.87. The molecular weight excluding hydrogens is 230 g/mol. The zero-order valence-electron chi connectivity index (χ0n) is 11.9. The van der Waals surface area contributed by atoms with Crippen LogP contribution in [0.25, 0.3) is 0 Å². The van der Waals surface area contributed by atoms with E-state index >= 15 is 0 Å². The molecule has 18 heavy (non-hydrogen) atoms. The number of piperidine rings is 1. The van der Waals surface area contributed by atoms with Crippen molar-refractivity contribution >= 4 is 11.8 Å². The van der Waals surface area contributed by atoms with Gasteiger partial charge in [-0.1, -0.05) is 0 Å². The van der Waals surface area contributed by atoms with Gasteiger partial charge in [-0.3, -0.25) is 4.79 Å². The molecule has 0 unspecified atom stereocenters. The van der Waals surface area contributed by atoms with Crippen LogP contribution in [0.15, 0.2) is 12.3 Å². The Bertz CT molecular complexity index is 349. The third-order valence-electron chi connectivity index (χ3n) is 3.21. The molecule has 0 saturated carbocycles. The number of rotatable bonds is 3. The van der Waals surface area contributed by atoms with Gasteiger partial charge in [0.25, 0.3) is 0 Å². The molecule has 1 aliphatic heterocycles. The minimum atomic E-state index is -0.346. The summed E-state index contributed by atoms with van der Waals surface area (Å²) in [6.07, 6.45) is 4.19. The Hall–Kier alpha value is -1.32. The first-order valence-corrected chi connectivity index (χ1v) is 6.35. The van der Waals surface area contributed by atoms with E-state index in [1.807, 2.05) is 27.7 Å². The summed E-state index contributed by atoms with van der Waals surface area (Å²) in [5.74, 6) is -0.0771. The van der Waals surface area contributed by atoms with E-state index in [0.29, 0.717) is 19.4 Å². The second kappa shape index (κ2) is 5.12. The molecule has 102 valence electrons. The van der Waals surface area contributed by atoms with E-state index in [0.717, 1.165) is 0 Å². The third kappa shape index (κ3) is 3.34. The summed E-state index contributed by atoms with van der Waals surface area (Å²) in [6.45, 7) is 10.2. The lowest BCUT2D eigenvalue weighted by Gasteiger charge is -2.51. The van der Waals surface area contributed by atoms with Gasteiger partial charge >= 0.3 is 5.97 Å². The van der Waals surface area contributed by atoms with Gasteiger partial charge in [0.1, 0.15) is 5.78 Å². The third-order valence-corrected chi connectivity index (χ3v) is 3.21. The van der Waals surface area contributed by atoms with Crippen LogP contribution < -0.4 is 0 Å². The summed E-state index contributed by atoms with van der Waals surface area (Å²) >= 11 is 0. The largest absolute Gasteiger partial charge is 0.463 e. The molecular formula is C14H23NO3. The van der Waals surface area contributed by atoms with Gasteiger partial charge in [0.05, 0.1) is 6.61 Å². The molecule has 0 radical (unpaired) electrons. The lowest BCUT2D eigenvalue weighted by atomic mass is 9.79. The van der Waals surface area contributed by atoms with Crippen molar-refractivity contribution in [1.82, 2.24) is 4.90 Å². The quantitative estimate of drug-likeness (QED) is 0.572. The van der Waals surface area contributed by atoms with Crippen LogP contribution in [-0.2, 0) is 14.3 Å². The second-order valence-electron chi connectivity index (χ2n) is 5.95. The summed E-state index contributed by atoms with van der Waals surface area (Å²) in [7, 11) is 0. The fraction of sp³-hybridized carbons (Fsp3) is 0.714. The maximum Gasteiger partial charge on any atom is 0.332 e. The molecule has 0 amide bonds. The van der Waals surface area contributed by atoms with E-state index in [1.54, 1.807) is 13.1 Å². The van der Waals surface area contributed by atoms with Crippen molar-refractivity contribution < 1.29 is 14.3 Å². The first-order valence-electron chi connectivity index (χ1n) is 6.35. The summed E-state index contributed by atoms with van der Waals surface area (Å²) in [4.78, 5) is 25.2. The Kier molecular flexibility index (Phi) is 4.20. The van der Waals surface area contributed by atoms with Gasteiger partial charge in [-0.2, -0.15) is 0 Å². The van der Waals surface area contributed by atoms with Crippen LogP contribution in [0.4, 0.5) is 0 Å². The maximum atomic E-state index is 11.7. The number of carbonyl (C=O) groups is 2. The molecule has 4 nitrogen and oxygen atoms in total. The van der Waals surface area contributed by atoms with Crippen molar-refractivity contribution in [1.29, 1.82) is 0 Å². The number of esters is 1. The number of Topliss-reactive ketones (excluding diaryl/α,β-unsaturated/α-hetero) is 1. The fourth-order valence-corrected chi connectivity index (χ4v) is 2.75. The van der Waals surface area contributed by atoms with E-state index < -0.39 is 0 Å². The van der Waals surface area contributed by atoms with Gasteiger partial charge in [-0.05, 0) is 34.6 Å². The van der Waals surface area contributed by atoms with Gasteiger partial charge in [-0.25, -0.2) is 4.79 Å². The highest BCUT2D eigenvalue weighted by Gasteiger charge is 2.43. The predicted molar refractivity (Wildman–Crippen MR) is 70.0 cm³/mol. The summed E-state index contributed by atoms with van der Waals surface area (Å²) in [6, 6.07) is 0. The number of nitrogens with zero attached hydrogens (tertiary/aromatic N) is 1. The highest BCUT2D eigenvalue weighted by molar-refractivity contribution is 5.83. The number of hydrogen-bond acceptors (Lipinski definition) is 4. The number of hydrogen-bond donors (Lipinski definition) is 0. The molecule has 1 saturated heterocycles. The van der Waals surface area contributed by atoms with E-state index in [2.05, 4.69) is 4.90 Å². The molecule has 1 aliphatic rings. The van der Waals surface area contributed by atoms with E-state index in [9.17, 15) is 9.59 Å². The Balaban J connectivity index is 2.89. The standard InChI is InChI=1S/C14H23NO3/c1-6-18-12(17)7-8-15-13(2,3)9-11(16)10-14(15,4)5/h7-8H,6,9-10H2,1-5H3. The smallest absolute Gasteiger partial charge is 0.332 e. The fourth-order valence-electron chi connectivity index (χ4n) is 2.75. The number of ether oxygens (including phenoxy) is 1. The molecule has 0 aromatic rings. The molecule has 4 heteroatoms. The van der Waals surface area contributed by atoms with Crippen LogP contribution in [0.1, 0.15) is 47.5 Å². The number of carbonyl (C=O) groups excluding carboxylic acids is 2. The molecule has 1 rings (SSSR count). The topological polar surface area (TPSA) is 46.6 Å². The number of likely N-dealkylation sites (tertiary alicyclic amines) is 1. The van der Waals surface area contributed by atoms with Crippen LogP contribution in [0.5, 0.6) is 0 Å². The first-order chi connectivity index (χ1) is 8.19. The van der Waals surface area contributed by atoms with Crippen molar-refractivity contribution in [2.24, 2.45) is 0 Å². The van der Waals surface area contributed by atoms with Gasteiger partial charge < -0.3 is 9.64 Å². The van der Waals surface area contributed by atoms with E-state index in [-0.39, 0.29) is 22.8 Å². The second-order valence-corrected chi connectivity index (χ2v) is 5.95. The van der Waals surface area contributed by atoms with Crippen LogP contribution in [0, 0.1) is 0 Å². The summed E-state index contributed by atoms with van der Waals surface area (Å²) in [5.41, 5.74) is -0.552. The Morgan fingerprint density at radius 2 is 1.78 bits per heavy atom. The van der Waals surface area contributed by atoms with Crippen molar-refractivity contribution in [3.63, 3.8) is 0 Å². The first kappa shape index (κ1) is 14.7. The molecule has 0 aromatic heterocycles. The minimum Gasteiger partial charge on any atom is -0.463 e. The maximum absolute atomic E-state index is 11.7. The molecule has 0 spiro atoms. The Morgan fingerprint density at radius 3 is 2.22 bits per heavy atom. The van der Waals surface area contributed by atoms with E-state index in [4.69, 9.17) is 4.74 Å². The minimum absolute atomic E-state index is 0.269. The van der Waals surface area contributed by atoms with Crippen molar-refractivity contribution in [2.45, 2.75) is 58.5 Å². The lowest BCUT2D eigenvalue weighted by molar-refractivity contribution is -0.137. The van der Waals surface area contributed by atoms with Gasteiger partial charge in [0.15, 0.2) is 0 Å². The van der Waals surface area contributed by atoms with Crippen molar-refractivity contribution in [3.8, 4) is 0 Å². The van der Waals surface area contributed by atoms with Gasteiger partial charge in [0.2, 0.25) is 0 Å². The van der Waals surface area contributed by atoms with Gasteiger partial charge in [0, 0.05) is 36.2 Å². The van der Waals surface area contributed by atoms with Crippen LogP contribution in [0.3, 0.4) is 0 Å². The average Bonchev–Trinajstić information content (AvgIpc) is 2.12. The van der Waals surface area contributed by atoms with Crippen molar-refractivity contribution in [3.05, 3.63) is 12.3 Å². The lowest BCUT2D eigenvalue weighted by Crippen LogP contribution is -2.58. The highest BCUT2D eigenvalue weighted by atomic mass is 16.5. The molecule has 0 N–H and O–H groups in total. The zero-order chi connectivity index (χ0) is 14.0. The monoisotopic (exact) mass is 253 g/mol. The molecule has 0 atom stereocenters. The molecule has 0 aromatic carbocycles. The summed E-state index contributed by atoms with van der Waals surface area (Å²) in [5, 5.41) is 0. The van der Waals surface area contributed by atoms with Gasteiger partial charge in [-0.15, -0.1) is 0 Å². The van der Waals surface area contributed by atoms with Crippen molar-refractivity contribution in [2.75, 3.05) is 6.61 Å². The zero-order valence-corrected chi connectivity index (χ0v) is 11.9. The predicted octanol–water partition coefficient (Wildman–Crippen LogP) is 2.29. The average molecular weight is 253 g/mol. The molecule has 0 bridgehead atoms. The SMILES string of the molecule is CCOC(=O)C=CN1C(C)(C)CC(=O)CC1(C)C. The number of ketones is 1. The molecule has 1 fully saturated rings. The van der Waals surface area contributed by atoms with Crippen LogP contribution >= 0.6 is 0 Å². The highest BCUT2D eigenvalue weighted by Crippen LogP contribution is 2.36. The Morgan fingerprint density at radius 1 is 1.28 bits per heavy atom. The van der Waals surface area contributed by atoms with Crippen LogP contribution in [0.2, 0.25) is 0 Å².